The number of carbonyl (C=O) groups is 2. The van der Waals surface area contributed by atoms with Crippen LogP contribution in [0.3, 0.4) is 0 Å². The smallest absolute Gasteiger partial charge is 0.274 e. The third-order valence-electron chi connectivity index (χ3n) is 3.88. The molecule has 1 aliphatic heterocycles. The maximum Gasteiger partial charge on any atom is 0.274 e. The number of nitrogens with zero attached hydrogens (tertiary/aromatic N) is 4. The van der Waals surface area contributed by atoms with Crippen molar-refractivity contribution in [3.8, 4) is 5.75 Å². The molecule has 2 heterocycles. The Morgan fingerprint density at radius 2 is 1.72 bits per heavy atom. The minimum Gasteiger partial charge on any atom is -0.484 e. The SMILES string of the molecule is O=C(COc1ccc(Cl)cc1)N1CCN(C(=O)c2cnccn2)CC1. The molecule has 1 aliphatic rings. The van der Waals surface area contributed by atoms with Crippen LogP contribution in [0.4, 0.5) is 0 Å². The largest absolute Gasteiger partial charge is 0.484 e. The van der Waals surface area contributed by atoms with Gasteiger partial charge in [-0.3, -0.25) is 14.6 Å². The predicted octanol–water partition coefficient (Wildman–Crippen LogP) is 1.49. The summed E-state index contributed by atoms with van der Waals surface area (Å²) in [4.78, 5) is 35.8. The minimum absolute atomic E-state index is 0.0419. The summed E-state index contributed by atoms with van der Waals surface area (Å²) in [5, 5.41) is 0.613. The van der Waals surface area contributed by atoms with Crippen LogP contribution in [0, 0.1) is 0 Å². The van der Waals surface area contributed by atoms with E-state index >= 15 is 0 Å². The second-order valence-electron chi connectivity index (χ2n) is 5.51. The van der Waals surface area contributed by atoms with Crippen molar-refractivity contribution >= 4 is 23.4 Å². The average Bonchev–Trinajstić information content (AvgIpc) is 2.67. The van der Waals surface area contributed by atoms with E-state index < -0.39 is 0 Å². The standard InChI is InChI=1S/C17H17ClN4O3/c18-13-1-3-14(4-2-13)25-12-16(23)21-7-9-22(10-8-21)17(24)15-11-19-5-6-20-15/h1-6,11H,7-10,12H2. The summed E-state index contributed by atoms with van der Waals surface area (Å²) in [6.07, 6.45) is 4.45. The zero-order chi connectivity index (χ0) is 17.6. The summed E-state index contributed by atoms with van der Waals surface area (Å²) in [6, 6.07) is 6.84. The van der Waals surface area contributed by atoms with Crippen LogP contribution in [-0.2, 0) is 4.79 Å². The molecule has 8 heteroatoms. The van der Waals surface area contributed by atoms with Crippen molar-refractivity contribution in [3.63, 3.8) is 0 Å². The second kappa shape index (κ2) is 7.94. The number of rotatable bonds is 4. The van der Waals surface area contributed by atoms with Crippen LogP contribution in [0.2, 0.25) is 5.02 Å². The Morgan fingerprint density at radius 3 is 2.36 bits per heavy atom. The van der Waals surface area contributed by atoms with Gasteiger partial charge in [-0.25, -0.2) is 4.98 Å². The first kappa shape index (κ1) is 17.2. The van der Waals surface area contributed by atoms with Gasteiger partial charge in [0.15, 0.2) is 6.61 Å². The number of carbonyl (C=O) groups excluding carboxylic acids is 2. The van der Waals surface area contributed by atoms with E-state index in [2.05, 4.69) is 9.97 Å². The van der Waals surface area contributed by atoms with Crippen LogP contribution in [0.15, 0.2) is 42.9 Å². The lowest BCUT2D eigenvalue weighted by molar-refractivity contribution is -0.134. The van der Waals surface area contributed by atoms with Crippen LogP contribution in [0.1, 0.15) is 10.5 Å². The van der Waals surface area contributed by atoms with Crippen molar-refractivity contribution < 1.29 is 14.3 Å². The molecule has 0 saturated carbocycles. The monoisotopic (exact) mass is 360 g/mol. The molecule has 0 unspecified atom stereocenters. The minimum atomic E-state index is -0.169. The number of hydrogen-bond donors (Lipinski definition) is 0. The van der Waals surface area contributed by atoms with E-state index in [-0.39, 0.29) is 18.4 Å². The predicted molar refractivity (Wildman–Crippen MR) is 91.5 cm³/mol. The van der Waals surface area contributed by atoms with Gasteiger partial charge in [-0.2, -0.15) is 0 Å². The van der Waals surface area contributed by atoms with E-state index in [1.54, 1.807) is 34.1 Å². The fourth-order valence-corrected chi connectivity index (χ4v) is 2.62. The lowest BCUT2D eigenvalue weighted by atomic mass is 10.2. The van der Waals surface area contributed by atoms with Gasteiger partial charge in [0.1, 0.15) is 11.4 Å². The molecule has 7 nitrogen and oxygen atoms in total. The van der Waals surface area contributed by atoms with Crippen molar-refractivity contribution in [2.45, 2.75) is 0 Å². The first-order valence-corrected chi connectivity index (χ1v) is 8.23. The number of piperazine rings is 1. The van der Waals surface area contributed by atoms with E-state index in [1.165, 1.54) is 18.6 Å². The van der Waals surface area contributed by atoms with Crippen molar-refractivity contribution in [3.05, 3.63) is 53.6 Å². The summed E-state index contributed by atoms with van der Waals surface area (Å²) in [6.45, 7) is 1.81. The first-order chi connectivity index (χ1) is 12.1. The number of halogens is 1. The zero-order valence-electron chi connectivity index (χ0n) is 13.5. The average molecular weight is 361 g/mol. The number of aromatic nitrogens is 2. The topological polar surface area (TPSA) is 75.6 Å². The highest BCUT2D eigenvalue weighted by Gasteiger charge is 2.25. The van der Waals surface area contributed by atoms with E-state index in [0.29, 0.717) is 42.6 Å². The normalized spacial score (nSPS) is 14.3. The van der Waals surface area contributed by atoms with Crippen molar-refractivity contribution in [2.24, 2.45) is 0 Å². The summed E-state index contributed by atoms with van der Waals surface area (Å²) < 4.78 is 5.47. The van der Waals surface area contributed by atoms with Gasteiger partial charge in [0.25, 0.3) is 11.8 Å². The van der Waals surface area contributed by atoms with Crippen molar-refractivity contribution in [1.29, 1.82) is 0 Å². The van der Waals surface area contributed by atoms with Crippen LogP contribution >= 0.6 is 11.6 Å². The van der Waals surface area contributed by atoms with Gasteiger partial charge in [-0.1, -0.05) is 11.6 Å². The highest BCUT2D eigenvalue weighted by molar-refractivity contribution is 6.30. The Morgan fingerprint density at radius 1 is 1.04 bits per heavy atom. The van der Waals surface area contributed by atoms with E-state index in [0.717, 1.165) is 0 Å². The van der Waals surface area contributed by atoms with E-state index in [1.807, 2.05) is 0 Å². The quantitative estimate of drug-likeness (QED) is 0.825. The number of benzene rings is 1. The van der Waals surface area contributed by atoms with Crippen molar-refractivity contribution in [1.82, 2.24) is 19.8 Å². The summed E-state index contributed by atoms with van der Waals surface area (Å²) >= 11 is 5.81. The lowest BCUT2D eigenvalue weighted by Crippen LogP contribution is -2.51. The summed E-state index contributed by atoms with van der Waals surface area (Å²) in [5.74, 6) is 0.313. The lowest BCUT2D eigenvalue weighted by Gasteiger charge is -2.34. The molecule has 0 atom stereocenters. The van der Waals surface area contributed by atoms with Crippen LogP contribution in [0.5, 0.6) is 5.75 Å². The molecule has 2 aromatic rings. The molecule has 2 amide bonds. The molecule has 0 spiro atoms. The van der Waals surface area contributed by atoms with Gasteiger partial charge in [-0.15, -0.1) is 0 Å². The number of ether oxygens (including phenoxy) is 1. The van der Waals surface area contributed by atoms with Crippen molar-refractivity contribution in [2.75, 3.05) is 32.8 Å². The molecule has 0 N–H and O–H groups in total. The number of hydrogen-bond acceptors (Lipinski definition) is 5. The molecule has 0 aliphatic carbocycles. The second-order valence-corrected chi connectivity index (χ2v) is 5.94. The van der Waals surface area contributed by atoms with Crippen LogP contribution in [-0.4, -0.2) is 64.4 Å². The van der Waals surface area contributed by atoms with Gasteiger partial charge in [-0.05, 0) is 24.3 Å². The van der Waals surface area contributed by atoms with Gasteiger partial charge in [0.2, 0.25) is 0 Å². The van der Waals surface area contributed by atoms with Gasteiger partial charge >= 0.3 is 0 Å². The molecule has 1 fully saturated rings. The van der Waals surface area contributed by atoms with Gasteiger partial charge < -0.3 is 14.5 Å². The molecular formula is C17H17ClN4O3. The Kier molecular flexibility index (Phi) is 5.45. The molecule has 1 saturated heterocycles. The molecule has 0 bridgehead atoms. The summed E-state index contributed by atoms with van der Waals surface area (Å²) in [5.41, 5.74) is 0.313. The first-order valence-electron chi connectivity index (χ1n) is 7.85. The maximum atomic E-state index is 12.3. The Bertz CT molecular complexity index is 731. The Labute approximate surface area is 150 Å². The van der Waals surface area contributed by atoms with Gasteiger partial charge in [0, 0.05) is 43.6 Å². The van der Waals surface area contributed by atoms with Crippen LogP contribution < -0.4 is 4.74 Å². The van der Waals surface area contributed by atoms with Crippen LogP contribution in [0.25, 0.3) is 0 Å². The molecule has 3 rings (SSSR count). The molecular weight excluding hydrogens is 344 g/mol. The molecule has 1 aromatic carbocycles. The maximum absolute atomic E-state index is 12.3. The fraction of sp³-hybridized carbons (Fsp3) is 0.294. The highest BCUT2D eigenvalue weighted by Crippen LogP contribution is 2.15. The summed E-state index contributed by atoms with van der Waals surface area (Å²) in [7, 11) is 0. The van der Waals surface area contributed by atoms with Gasteiger partial charge in [0.05, 0.1) is 6.20 Å². The third kappa shape index (κ3) is 4.45. The molecule has 1 aromatic heterocycles. The number of amides is 2. The third-order valence-corrected chi connectivity index (χ3v) is 4.13. The Hall–Kier alpha value is -2.67. The molecule has 130 valence electrons. The van der Waals surface area contributed by atoms with E-state index in [4.69, 9.17) is 16.3 Å². The zero-order valence-corrected chi connectivity index (χ0v) is 14.2. The Balaban J connectivity index is 1.47. The fourth-order valence-electron chi connectivity index (χ4n) is 2.50. The molecule has 0 radical (unpaired) electrons. The van der Waals surface area contributed by atoms with E-state index in [9.17, 15) is 9.59 Å². The highest BCUT2D eigenvalue weighted by atomic mass is 35.5. The molecule has 25 heavy (non-hydrogen) atoms.